The third-order valence-corrected chi connectivity index (χ3v) is 3.55. The summed E-state index contributed by atoms with van der Waals surface area (Å²) in [6.45, 7) is -0.358. The maximum Gasteiger partial charge on any atom is 0.416 e. The largest absolute Gasteiger partial charge is 0.504 e. The lowest BCUT2D eigenvalue weighted by Gasteiger charge is -2.09. The molecule has 2 amide bonds. The molecular weight excluding hydrogens is 377 g/mol. The van der Waals surface area contributed by atoms with Crippen LogP contribution in [-0.2, 0) is 15.8 Å². The Morgan fingerprint density at radius 1 is 1.14 bits per heavy atom. The van der Waals surface area contributed by atoms with E-state index in [1.807, 2.05) is 0 Å². The lowest BCUT2D eigenvalue weighted by molar-refractivity contribution is -0.137. The first kappa shape index (κ1) is 20.8. The van der Waals surface area contributed by atoms with Gasteiger partial charge < -0.3 is 20.5 Å². The first-order valence-electron chi connectivity index (χ1n) is 7.99. The average Bonchev–Trinajstić information content (AvgIpc) is 2.65. The predicted molar refractivity (Wildman–Crippen MR) is 96.8 cm³/mol. The van der Waals surface area contributed by atoms with Crippen LogP contribution in [0.4, 0.5) is 18.9 Å². The summed E-state index contributed by atoms with van der Waals surface area (Å²) < 4.78 is 42.4. The van der Waals surface area contributed by atoms with Gasteiger partial charge in [0.05, 0.1) is 19.2 Å². The van der Waals surface area contributed by atoms with E-state index < -0.39 is 23.6 Å². The number of anilines is 1. The van der Waals surface area contributed by atoms with Gasteiger partial charge in [0.15, 0.2) is 11.5 Å². The number of alkyl halides is 3. The van der Waals surface area contributed by atoms with Crippen molar-refractivity contribution in [3.8, 4) is 11.5 Å². The molecule has 0 radical (unpaired) electrons. The zero-order chi connectivity index (χ0) is 20.7. The number of phenols is 1. The lowest BCUT2D eigenvalue weighted by atomic mass is 10.2. The second-order valence-corrected chi connectivity index (χ2v) is 5.61. The second kappa shape index (κ2) is 8.94. The number of phenolic OH excluding ortho intramolecular Hbond substituents is 1. The molecule has 0 bridgehead atoms. The van der Waals surface area contributed by atoms with Crippen molar-refractivity contribution < 1.29 is 32.6 Å². The summed E-state index contributed by atoms with van der Waals surface area (Å²) in [5.41, 5.74) is -0.0483. The number of rotatable bonds is 6. The van der Waals surface area contributed by atoms with Crippen LogP contribution in [0.15, 0.2) is 48.5 Å². The number of hydrogen-bond donors (Lipinski definition) is 3. The molecule has 0 aliphatic rings. The smallest absolute Gasteiger partial charge is 0.416 e. The average molecular weight is 394 g/mol. The van der Waals surface area contributed by atoms with E-state index in [4.69, 9.17) is 4.74 Å². The topological polar surface area (TPSA) is 87.7 Å². The number of carbonyl (C=O) groups excluding carboxylic acids is 2. The normalized spacial score (nSPS) is 11.3. The molecule has 0 spiro atoms. The summed E-state index contributed by atoms with van der Waals surface area (Å²) in [4.78, 5) is 23.5. The van der Waals surface area contributed by atoms with Crippen LogP contribution >= 0.6 is 0 Å². The van der Waals surface area contributed by atoms with Gasteiger partial charge in [-0.15, -0.1) is 0 Å². The molecule has 2 rings (SSSR count). The van der Waals surface area contributed by atoms with Gasteiger partial charge in [-0.1, -0.05) is 6.07 Å². The van der Waals surface area contributed by atoms with E-state index in [2.05, 4.69) is 10.6 Å². The molecule has 0 atom stereocenters. The van der Waals surface area contributed by atoms with Crippen LogP contribution in [0.2, 0.25) is 0 Å². The first-order chi connectivity index (χ1) is 13.2. The summed E-state index contributed by atoms with van der Waals surface area (Å²) in [5, 5.41) is 14.2. The van der Waals surface area contributed by atoms with Gasteiger partial charge >= 0.3 is 6.18 Å². The van der Waals surface area contributed by atoms with Gasteiger partial charge in [0, 0.05) is 11.8 Å². The zero-order valence-electron chi connectivity index (χ0n) is 14.7. The van der Waals surface area contributed by atoms with Gasteiger partial charge in [-0.3, -0.25) is 9.59 Å². The number of aromatic hydroxyl groups is 1. The van der Waals surface area contributed by atoms with Crippen LogP contribution in [0.25, 0.3) is 6.08 Å². The van der Waals surface area contributed by atoms with Crippen molar-refractivity contribution in [2.45, 2.75) is 6.18 Å². The van der Waals surface area contributed by atoms with E-state index in [0.717, 1.165) is 24.3 Å². The Kier molecular flexibility index (Phi) is 6.64. The second-order valence-electron chi connectivity index (χ2n) is 5.61. The van der Waals surface area contributed by atoms with Crippen molar-refractivity contribution in [1.82, 2.24) is 5.32 Å². The Labute approximate surface area is 158 Å². The molecule has 9 heteroatoms. The molecule has 0 aliphatic carbocycles. The van der Waals surface area contributed by atoms with Crippen molar-refractivity contribution in [1.29, 1.82) is 0 Å². The highest BCUT2D eigenvalue weighted by Gasteiger charge is 2.29. The van der Waals surface area contributed by atoms with Crippen molar-refractivity contribution in [2.75, 3.05) is 19.0 Å². The van der Waals surface area contributed by atoms with Crippen molar-refractivity contribution in [3.05, 3.63) is 59.7 Å². The standard InChI is InChI=1S/C19H17F3N2O4/c1-28-16-10-12(2-8-15(16)25)3-9-17(26)23-11-18(27)24-14-6-4-13(5-7-14)19(20,21)22/h2-10,25H,11H2,1H3,(H,23,26)(H,24,27)/b9-3+. The fraction of sp³-hybridized carbons (Fsp3) is 0.158. The van der Waals surface area contributed by atoms with Gasteiger partial charge in [0.25, 0.3) is 0 Å². The third kappa shape index (κ3) is 6.04. The number of carbonyl (C=O) groups is 2. The Hall–Kier alpha value is -3.49. The molecule has 0 aliphatic heterocycles. The van der Waals surface area contributed by atoms with Gasteiger partial charge in [-0.25, -0.2) is 0 Å². The number of nitrogens with one attached hydrogen (secondary N) is 2. The van der Waals surface area contributed by atoms with Crippen molar-refractivity contribution in [2.24, 2.45) is 0 Å². The van der Waals surface area contributed by atoms with E-state index >= 15 is 0 Å². The highest BCUT2D eigenvalue weighted by Crippen LogP contribution is 2.29. The van der Waals surface area contributed by atoms with Crippen LogP contribution < -0.4 is 15.4 Å². The Bertz CT molecular complexity index is 878. The number of ether oxygens (including phenoxy) is 1. The van der Waals surface area contributed by atoms with Crippen LogP contribution in [0, 0.1) is 0 Å². The maximum absolute atomic E-state index is 12.5. The molecule has 2 aromatic carbocycles. The van der Waals surface area contributed by atoms with Crippen molar-refractivity contribution in [3.63, 3.8) is 0 Å². The van der Waals surface area contributed by atoms with E-state index in [1.54, 1.807) is 6.07 Å². The molecule has 0 saturated carbocycles. The SMILES string of the molecule is COc1cc(/C=C/C(=O)NCC(=O)Nc2ccc(C(F)(F)F)cc2)ccc1O. The minimum absolute atomic E-state index is 0.0379. The first-order valence-corrected chi connectivity index (χ1v) is 7.99. The van der Waals surface area contributed by atoms with Gasteiger partial charge in [0.1, 0.15) is 0 Å². The molecule has 0 unspecified atom stereocenters. The maximum atomic E-state index is 12.5. The van der Waals surface area contributed by atoms with Crippen molar-refractivity contribution >= 4 is 23.6 Å². The Morgan fingerprint density at radius 2 is 1.82 bits per heavy atom. The monoisotopic (exact) mass is 394 g/mol. The molecule has 0 saturated heterocycles. The fourth-order valence-electron chi connectivity index (χ4n) is 2.14. The number of methoxy groups -OCH3 is 1. The molecule has 6 nitrogen and oxygen atoms in total. The minimum atomic E-state index is -4.45. The van der Waals surface area contributed by atoms with Gasteiger partial charge in [-0.05, 0) is 48.0 Å². The molecule has 2 aromatic rings. The molecule has 0 heterocycles. The molecular formula is C19H17F3N2O4. The quantitative estimate of drug-likeness (QED) is 0.657. The van der Waals surface area contributed by atoms with E-state index in [-0.39, 0.29) is 23.7 Å². The van der Waals surface area contributed by atoms with Crippen LogP contribution in [-0.4, -0.2) is 30.6 Å². The fourth-order valence-corrected chi connectivity index (χ4v) is 2.14. The molecule has 3 N–H and O–H groups in total. The van der Waals surface area contributed by atoms with Crippen LogP contribution in [0.1, 0.15) is 11.1 Å². The number of amides is 2. The Balaban J connectivity index is 1.84. The highest BCUT2D eigenvalue weighted by molar-refractivity contribution is 5.98. The van der Waals surface area contributed by atoms with E-state index in [9.17, 15) is 27.9 Å². The molecule has 148 valence electrons. The molecule has 0 aromatic heterocycles. The number of halogens is 3. The van der Waals surface area contributed by atoms with Crippen LogP contribution in [0.3, 0.4) is 0 Å². The molecule has 0 fully saturated rings. The molecule has 28 heavy (non-hydrogen) atoms. The van der Waals surface area contributed by atoms with E-state index in [1.165, 1.54) is 31.4 Å². The zero-order valence-corrected chi connectivity index (χ0v) is 14.7. The van der Waals surface area contributed by atoms with Gasteiger partial charge in [-0.2, -0.15) is 13.2 Å². The number of benzene rings is 2. The summed E-state index contributed by atoms with van der Waals surface area (Å²) in [6, 6.07) is 8.45. The third-order valence-electron chi connectivity index (χ3n) is 3.55. The summed E-state index contributed by atoms with van der Waals surface area (Å²) in [7, 11) is 1.39. The predicted octanol–water partition coefficient (Wildman–Crippen LogP) is 3.19. The summed E-state index contributed by atoms with van der Waals surface area (Å²) >= 11 is 0. The number of hydrogen-bond acceptors (Lipinski definition) is 4. The summed E-state index contributed by atoms with van der Waals surface area (Å²) in [5.74, 6) is -0.926. The van der Waals surface area contributed by atoms with E-state index in [0.29, 0.717) is 5.56 Å². The van der Waals surface area contributed by atoms with Gasteiger partial charge in [0.2, 0.25) is 11.8 Å². The summed E-state index contributed by atoms with van der Waals surface area (Å²) in [6.07, 6.45) is -1.80. The van der Waals surface area contributed by atoms with Crippen LogP contribution in [0.5, 0.6) is 11.5 Å². The highest BCUT2D eigenvalue weighted by atomic mass is 19.4. The Morgan fingerprint density at radius 3 is 2.43 bits per heavy atom. The minimum Gasteiger partial charge on any atom is -0.504 e. The lowest BCUT2D eigenvalue weighted by Crippen LogP contribution is -2.31.